The predicted molar refractivity (Wildman–Crippen MR) is 47.5 cm³/mol. The van der Waals surface area contributed by atoms with Crippen molar-refractivity contribution in [1.82, 2.24) is 4.90 Å². The number of amides is 2. The molecule has 1 atom stereocenters. The van der Waals surface area contributed by atoms with Crippen LogP contribution in [0, 0.1) is 0 Å². The quantitative estimate of drug-likeness (QED) is 0.357. The number of piperidine rings is 1. The van der Waals surface area contributed by atoms with Gasteiger partial charge in [-0.1, -0.05) is 12.8 Å². The van der Waals surface area contributed by atoms with Crippen molar-refractivity contribution in [1.29, 1.82) is 0 Å². The summed E-state index contributed by atoms with van der Waals surface area (Å²) in [4.78, 5) is 12.6. The number of carbonyl (C=O) groups is 1. The first-order valence-electron chi connectivity index (χ1n) is 4.06. The molecule has 0 aromatic rings. The van der Waals surface area contributed by atoms with Crippen molar-refractivity contribution in [3.8, 4) is 0 Å². The third-order valence-electron chi connectivity index (χ3n) is 1.96. The van der Waals surface area contributed by atoms with Crippen LogP contribution < -0.4 is 29.6 Å². The van der Waals surface area contributed by atoms with Crippen LogP contribution in [0.3, 0.4) is 0 Å². The standard InChI is InChI=1S/C6H10N2O.Na.H2O4S/c9-6-7-5-2-1-3-8(6)4-5;;1-5(2,3)4/h5H,1-4H2,(H,7,9);;(H2,1,2,3,4)/q;+1;/p-1. The van der Waals surface area contributed by atoms with Crippen LogP contribution in [0.15, 0.2) is 0 Å². The normalized spacial score (nSPS) is 23.5. The van der Waals surface area contributed by atoms with E-state index in [4.69, 9.17) is 17.5 Å². The Morgan fingerprint density at radius 3 is 2.33 bits per heavy atom. The van der Waals surface area contributed by atoms with Crippen LogP contribution in [0.2, 0.25) is 0 Å². The maximum Gasteiger partial charge on any atom is 1.00 e. The van der Waals surface area contributed by atoms with E-state index in [0.717, 1.165) is 25.9 Å². The summed E-state index contributed by atoms with van der Waals surface area (Å²) in [6, 6.07) is 0.351. The Morgan fingerprint density at radius 2 is 1.93 bits per heavy atom. The Labute approximate surface area is 110 Å². The van der Waals surface area contributed by atoms with E-state index >= 15 is 0 Å². The topological polar surface area (TPSA) is 109 Å². The van der Waals surface area contributed by atoms with Crippen molar-refractivity contribution in [2.75, 3.05) is 13.1 Å². The van der Waals surface area contributed by atoms with Gasteiger partial charge in [-0.05, 0) is 19.1 Å². The number of hydrogen-bond donors (Lipinski definition) is 2. The molecular formula is C6H11N2NaO5S. The summed E-state index contributed by atoms with van der Waals surface area (Å²) in [5.41, 5.74) is 0. The van der Waals surface area contributed by atoms with E-state index in [0.29, 0.717) is 6.04 Å². The molecule has 2 saturated heterocycles. The molecule has 0 saturated carbocycles. The number of rotatable bonds is 0. The smallest absolute Gasteiger partial charge is 0.436 e. The number of nitrogens with zero attached hydrogens (tertiary/aromatic N) is 2. The van der Waals surface area contributed by atoms with Gasteiger partial charge in [0.05, 0.1) is 0 Å². The van der Waals surface area contributed by atoms with E-state index in [1.165, 1.54) is 0 Å². The maximum atomic E-state index is 10.8. The number of fused-ring (bicyclic) bond motifs is 2. The minimum Gasteiger partial charge on any atom is -0.436 e. The Hall–Kier alpha value is 0.140. The number of hydrogen-bond acceptors (Lipinski definition) is 3. The molecule has 2 amide bonds. The molecular weight excluding hydrogens is 235 g/mol. The molecule has 2 aliphatic rings. The maximum absolute atomic E-state index is 10.8. The molecule has 82 valence electrons. The van der Waals surface area contributed by atoms with Crippen LogP contribution in [-0.4, -0.2) is 47.6 Å². The van der Waals surface area contributed by atoms with E-state index in [1.54, 1.807) is 0 Å². The first kappa shape index (κ1) is 15.1. The molecule has 0 aromatic carbocycles. The fourth-order valence-electron chi connectivity index (χ4n) is 1.47. The second-order valence-electron chi connectivity index (χ2n) is 3.10. The fourth-order valence-corrected chi connectivity index (χ4v) is 1.47. The predicted octanol–water partition coefficient (Wildman–Crippen LogP) is -2.69. The Morgan fingerprint density at radius 1 is 1.40 bits per heavy atom. The molecule has 7 nitrogen and oxygen atoms in total. The van der Waals surface area contributed by atoms with E-state index < -0.39 is 10.4 Å². The zero-order valence-corrected chi connectivity index (χ0v) is 11.1. The molecule has 2 N–H and O–H groups in total. The summed E-state index contributed by atoms with van der Waals surface area (Å²) in [6.07, 6.45) is 2.25. The first-order chi connectivity index (χ1) is 6.36. The van der Waals surface area contributed by atoms with Gasteiger partial charge in [-0.15, -0.1) is 0 Å². The van der Waals surface area contributed by atoms with Gasteiger partial charge in [0.1, 0.15) is 0 Å². The van der Waals surface area contributed by atoms with Gasteiger partial charge in [0, 0.05) is 0 Å². The first-order valence-corrected chi connectivity index (χ1v) is 5.45. The molecule has 0 aromatic heterocycles. The summed E-state index contributed by atoms with van der Waals surface area (Å²) in [5, 5.41) is 3.94. The zero-order chi connectivity index (χ0) is 10.8. The average molecular weight is 246 g/mol. The van der Waals surface area contributed by atoms with Crippen molar-refractivity contribution in [2.45, 2.75) is 18.9 Å². The molecule has 2 bridgehead atoms. The van der Waals surface area contributed by atoms with Gasteiger partial charge in [0.25, 0.3) is 0 Å². The van der Waals surface area contributed by atoms with Gasteiger partial charge < -0.3 is 10.2 Å². The minimum absolute atomic E-state index is 0. The number of urea groups is 1. The largest absolute Gasteiger partial charge is 1.00 e. The van der Waals surface area contributed by atoms with Gasteiger partial charge in [-0.3, -0.25) is 13.9 Å². The molecule has 2 aliphatic heterocycles. The van der Waals surface area contributed by atoms with Crippen molar-refractivity contribution < 1.29 is 51.9 Å². The van der Waals surface area contributed by atoms with Crippen LogP contribution in [0.1, 0.15) is 12.8 Å². The van der Waals surface area contributed by atoms with Gasteiger partial charge >= 0.3 is 40.0 Å². The van der Waals surface area contributed by atoms with Gasteiger partial charge in [0.2, 0.25) is 0 Å². The summed E-state index contributed by atoms with van der Waals surface area (Å²) in [5.74, 6) is 0. The molecule has 2 fully saturated rings. The summed E-state index contributed by atoms with van der Waals surface area (Å²) >= 11 is 0. The molecule has 0 radical (unpaired) electrons. The van der Waals surface area contributed by atoms with Crippen LogP contribution in [-0.2, 0) is 10.4 Å². The van der Waals surface area contributed by atoms with Gasteiger partial charge in [0.15, 0.2) is 6.03 Å². The van der Waals surface area contributed by atoms with E-state index in [1.807, 2.05) is 4.90 Å². The Balaban J connectivity index is 0.000000289. The molecule has 9 heteroatoms. The summed E-state index contributed by atoms with van der Waals surface area (Å²) < 4.78 is 31.6. The summed E-state index contributed by atoms with van der Waals surface area (Å²) in [6.45, 7) is 1.82. The van der Waals surface area contributed by atoms with Crippen LogP contribution >= 0.6 is 0 Å². The molecule has 2 rings (SSSR count). The Kier molecular flexibility index (Phi) is 6.08. The molecule has 2 heterocycles. The van der Waals surface area contributed by atoms with Crippen molar-refractivity contribution in [3.63, 3.8) is 0 Å². The third-order valence-corrected chi connectivity index (χ3v) is 1.96. The van der Waals surface area contributed by atoms with E-state index in [-0.39, 0.29) is 35.6 Å². The van der Waals surface area contributed by atoms with Crippen molar-refractivity contribution >= 4 is 16.4 Å². The van der Waals surface area contributed by atoms with Crippen molar-refractivity contribution in [2.24, 2.45) is 0 Å². The SMILES string of the molecule is O=C1[N-]C2CCCN1C2.O=S(=O)(O)O.[Na+]. The second kappa shape index (κ2) is 6.02. The second-order valence-corrected chi connectivity index (χ2v) is 4.00. The molecule has 0 spiro atoms. The average Bonchev–Trinajstić information content (AvgIpc) is 2.23. The Bertz CT molecular complexity index is 311. The van der Waals surface area contributed by atoms with Gasteiger partial charge in [-0.2, -0.15) is 8.42 Å². The fraction of sp³-hybridized carbons (Fsp3) is 0.833. The monoisotopic (exact) mass is 246 g/mol. The van der Waals surface area contributed by atoms with Crippen molar-refractivity contribution in [3.05, 3.63) is 5.32 Å². The van der Waals surface area contributed by atoms with Crippen LogP contribution in [0.5, 0.6) is 0 Å². The minimum atomic E-state index is -4.67. The number of carbonyl (C=O) groups excluding carboxylic acids is 1. The summed E-state index contributed by atoms with van der Waals surface area (Å²) in [7, 11) is -4.67. The zero-order valence-electron chi connectivity index (χ0n) is 8.33. The van der Waals surface area contributed by atoms with Gasteiger partial charge in [-0.25, -0.2) is 0 Å². The van der Waals surface area contributed by atoms with E-state index in [9.17, 15) is 4.79 Å². The van der Waals surface area contributed by atoms with Crippen LogP contribution in [0.25, 0.3) is 5.32 Å². The molecule has 15 heavy (non-hydrogen) atoms. The third kappa shape index (κ3) is 6.33. The molecule has 0 aliphatic carbocycles. The van der Waals surface area contributed by atoms with Crippen LogP contribution in [0.4, 0.5) is 4.79 Å². The van der Waals surface area contributed by atoms with E-state index in [2.05, 4.69) is 5.32 Å². The molecule has 1 unspecified atom stereocenters.